The number of nitro benzene ring substituents is 1. The molecule has 14 nitrogen and oxygen atoms in total. The first kappa shape index (κ1) is 22.1. The summed E-state index contributed by atoms with van der Waals surface area (Å²) in [5.41, 5.74) is 9.37. The second kappa shape index (κ2) is 9.56. The maximum absolute atomic E-state index is 12.9. The first-order chi connectivity index (χ1) is 16.5. The van der Waals surface area contributed by atoms with Crippen LogP contribution in [0.25, 0.3) is 5.82 Å². The molecule has 1 amide bonds. The highest BCUT2D eigenvalue weighted by Crippen LogP contribution is 2.20. The average molecular weight is 462 g/mol. The number of hydrogen-bond acceptors (Lipinski definition) is 11. The SMILES string of the molecule is CN(Cc1c(C(=O)N/N=C/c2ccccc2[N+](=O)[O-])nnn1-c1nonc1N)c1ccccc1. The van der Waals surface area contributed by atoms with Gasteiger partial charge >= 0.3 is 0 Å². The molecule has 0 aliphatic heterocycles. The van der Waals surface area contributed by atoms with E-state index in [1.54, 1.807) is 6.07 Å². The Morgan fingerprint density at radius 3 is 2.68 bits per heavy atom. The van der Waals surface area contributed by atoms with Crippen LogP contribution in [-0.4, -0.2) is 49.4 Å². The number of aromatic nitrogens is 5. The number of amides is 1. The Morgan fingerprint density at radius 1 is 1.24 bits per heavy atom. The van der Waals surface area contributed by atoms with Gasteiger partial charge in [0.05, 0.1) is 28.9 Å². The van der Waals surface area contributed by atoms with Crippen LogP contribution in [0.5, 0.6) is 0 Å². The number of nitrogens with zero attached hydrogens (tertiary/aromatic N) is 8. The van der Waals surface area contributed by atoms with Crippen molar-refractivity contribution in [2.24, 2.45) is 5.10 Å². The summed E-state index contributed by atoms with van der Waals surface area (Å²) in [4.78, 5) is 25.4. The summed E-state index contributed by atoms with van der Waals surface area (Å²) in [5, 5.41) is 30.2. The average Bonchev–Trinajstić information content (AvgIpc) is 3.45. The summed E-state index contributed by atoms with van der Waals surface area (Å²) in [6.07, 6.45) is 1.18. The van der Waals surface area contributed by atoms with Crippen molar-refractivity contribution in [2.75, 3.05) is 17.7 Å². The number of para-hydroxylation sites is 2. The van der Waals surface area contributed by atoms with Crippen molar-refractivity contribution >= 4 is 29.3 Å². The minimum Gasteiger partial charge on any atom is -0.378 e. The summed E-state index contributed by atoms with van der Waals surface area (Å²) in [6, 6.07) is 15.4. The Balaban J connectivity index is 1.62. The van der Waals surface area contributed by atoms with Crippen molar-refractivity contribution < 1.29 is 14.3 Å². The molecule has 2 heterocycles. The largest absolute Gasteiger partial charge is 0.378 e. The smallest absolute Gasteiger partial charge is 0.293 e. The maximum Gasteiger partial charge on any atom is 0.293 e. The number of hydrogen-bond donors (Lipinski definition) is 2. The minimum absolute atomic E-state index is 0.0325. The highest BCUT2D eigenvalue weighted by molar-refractivity contribution is 5.94. The molecule has 14 heteroatoms. The van der Waals surface area contributed by atoms with E-state index in [-0.39, 0.29) is 35.1 Å². The van der Waals surface area contributed by atoms with E-state index < -0.39 is 10.8 Å². The Bertz CT molecular complexity index is 1350. The van der Waals surface area contributed by atoms with Gasteiger partial charge in [-0.3, -0.25) is 14.9 Å². The van der Waals surface area contributed by atoms with Crippen LogP contribution in [0.15, 0.2) is 64.3 Å². The summed E-state index contributed by atoms with van der Waals surface area (Å²) >= 11 is 0. The van der Waals surface area contributed by atoms with Crippen molar-refractivity contribution in [1.82, 2.24) is 30.7 Å². The molecule has 4 aromatic rings. The van der Waals surface area contributed by atoms with Gasteiger partial charge in [-0.05, 0) is 28.5 Å². The molecule has 34 heavy (non-hydrogen) atoms. The van der Waals surface area contributed by atoms with E-state index in [1.807, 2.05) is 42.3 Å². The van der Waals surface area contributed by atoms with Gasteiger partial charge in [-0.25, -0.2) is 10.1 Å². The quantitative estimate of drug-likeness (QED) is 0.221. The number of nitrogens with two attached hydrogens (primary N) is 1. The van der Waals surface area contributed by atoms with Crippen LogP contribution in [0.2, 0.25) is 0 Å². The summed E-state index contributed by atoms with van der Waals surface area (Å²) in [6.45, 7) is 0.194. The fourth-order valence-corrected chi connectivity index (χ4v) is 3.10. The van der Waals surface area contributed by atoms with E-state index in [2.05, 4.69) is 35.8 Å². The molecular weight excluding hydrogens is 444 g/mol. The second-order valence-corrected chi connectivity index (χ2v) is 6.98. The zero-order valence-corrected chi connectivity index (χ0v) is 17.8. The van der Waals surface area contributed by atoms with Crippen molar-refractivity contribution in [1.29, 1.82) is 0 Å². The van der Waals surface area contributed by atoms with Crippen LogP contribution in [0, 0.1) is 10.1 Å². The standard InChI is InChI=1S/C20H18N10O4/c1-28(14-8-3-2-4-9-14)12-16-17(23-27-29(16)19-18(21)25-34-26-19)20(31)24-22-11-13-7-5-6-10-15(13)30(32)33/h2-11H,12H2,1H3,(H2,21,25)(H,24,31)/b22-11+. The number of rotatable bonds is 8. The highest BCUT2D eigenvalue weighted by atomic mass is 16.6. The van der Waals surface area contributed by atoms with E-state index in [1.165, 1.54) is 29.1 Å². The number of carbonyl (C=O) groups is 1. The van der Waals surface area contributed by atoms with Gasteiger partial charge in [-0.2, -0.15) is 9.78 Å². The topological polar surface area (TPSA) is 183 Å². The monoisotopic (exact) mass is 462 g/mol. The number of benzene rings is 2. The number of anilines is 2. The third kappa shape index (κ3) is 4.55. The van der Waals surface area contributed by atoms with Gasteiger partial charge in [0.2, 0.25) is 11.6 Å². The molecule has 0 aliphatic rings. The van der Waals surface area contributed by atoms with Gasteiger partial charge in [-0.15, -0.1) is 5.10 Å². The molecule has 0 fully saturated rings. The van der Waals surface area contributed by atoms with Crippen molar-refractivity contribution in [3.63, 3.8) is 0 Å². The van der Waals surface area contributed by atoms with Gasteiger partial charge in [-0.1, -0.05) is 35.5 Å². The zero-order valence-electron chi connectivity index (χ0n) is 17.8. The molecule has 3 N–H and O–H groups in total. The lowest BCUT2D eigenvalue weighted by atomic mass is 10.2. The Morgan fingerprint density at radius 2 is 1.97 bits per heavy atom. The number of nitrogen functional groups attached to an aromatic ring is 1. The van der Waals surface area contributed by atoms with E-state index in [0.717, 1.165) is 5.69 Å². The zero-order chi connectivity index (χ0) is 24.1. The first-order valence-corrected chi connectivity index (χ1v) is 9.81. The molecule has 0 saturated heterocycles. The Hall–Kier alpha value is -5.14. The molecule has 172 valence electrons. The second-order valence-electron chi connectivity index (χ2n) is 6.98. The van der Waals surface area contributed by atoms with Crippen LogP contribution in [-0.2, 0) is 6.54 Å². The van der Waals surface area contributed by atoms with E-state index in [9.17, 15) is 14.9 Å². The molecule has 2 aromatic heterocycles. The molecule has 4 rings (SSSR count). The first-order valence-electron chi connectivity index (χ1n) is 9.81. The third-order valence-electron chi connectivity index (χ3n) is 4.76. The fourth-order valence-electron chi connectivity index (χ4n) is 3.10. The molecular formula is C20H18N10O4. The van der Waals surface area contributed by atoms with Gasteiger partial charge < -0.3 is 10.6 Å². The molecule has 0 atom stereocenters. The minimum atomic E-state index is -0.687. The highest BCUT2D eigenvalue weighted by Gasteiger charge is 2.25. The Labute approximate surface area is 191 Å². The van der Waals surface area contributed by atoms with Gasteiger partial charge in [0, 0.05) is 18.8 Å². The number of nitro groups is 1. The predicted molar refractivity (Wildman–Crippen MR) is 120 cm³/mol. The van der Waals surface area contributed by atoms with Gasteiger partial charge in [0.25, 0.3) is 11.6 Å². The summed E-state index contributed by atoms with van der Waals surface area (Å²) in [5.74, 6) is -0.645. The van der Waals surface area contributed by atoms with Gasteiger partial charge in [0.1, 0.15) is 0 Å². The molecule has 0 unspecified atom stereocenters. The van der Waals surface area contributed by atoms with Gasteiger partial charge in [0.15, 0.2) is 5.69 Å². The van der Waals surface area contributed by atoms with Crippen LogP contribution < -0.4 is 16.1 Å². The predicted octanol–water partition coefficient (Wildman–Crippen LogP) is 1.54. The van der Waals surface area contributed by atoms with Crippen LogP contribution in [0.4, 0.5) is 17.2 Å². The Kier molecular flexibility index (Phi) is 6.20. The van der Waals surface area contributed by atoms with E-state index >= 15 is 0 Å². The van der Waals surface area contributed by atoms with Crippen molar-refractivity contribution in [3.8, 4) is 5.82 Å². The lowest BCUT2D eigenvalue weighted by molar-refractivity contribution is -0.385. The fraction of sp³-hybridized carbons (Fsp3) is 0.100. The number of carbonyl (C=O) groups excluding carboxylic acids is 1. The summed E-state index contributed by atoms with van der Waals surface area (Å²) < 4.78 is 5.91. The van der Waals surface area contributed by atoms with E-state index in [0.29, 0.717) is 5.69 Å². The number of hydrazone groups is 1. The molecule has 0 saturated carbocycles. The normalized spacial score (nSPS) is 11.0. The van der Waals surface area contributed by atoms with Crippen LogP contribution >= 0.6 is 0 Å². The lowest BCUT2D eigenvalue weighted by Gasteiger charge is -2.19. The molecule has 0 radical (unpaired) electrons. The summed E-state index contributed by atoms with van der Waals surface area (Å²) in [7, 11) is 1.82. The third-order valence-corrected chi connectivity index (χ3v) is 4.76. The van der Waals surface area contributed by atoms with Crippen molar-refractivity contribution in [2.45, 2.75) is 6.54 Å². The maximum atomic E-state index is 12.9. The number of nitrogens with one attached hydrogen (secondary N) is 1. The lowest BCUT2D eigenvalue weighted by Crippen LogP contribution is -2.24. The van der Waals surface area contributed by atoms with Crippen molar-refractivity contribution in [3.05, 3.63) is 81.7 Å². The van der Waals surface area contributed by atoms with Crippen LogP contribution in [0.3, 0.4) is 0 Å². The van der Waals surface area contributed by atoms with Crippen LogP contribution in [0.1, 0.15) is 21.7 Å². The molecule has 0 spiro atoms. The molecule has 0 bridgehead atoms. The molecule has 2 aromatic carbocycles. The molecule has 0 aliphatic carbocycles. The van der Waals surface area contributed by atoms with E-state index in [4.69, 9.17) is 5.73 Å².